The lowest BCUT2D eigenvalue weighted by atomic mass is 10.2. The molecule has 0 aromatic carbocycles. The Kier molecular flexibility index (Phi) is 10.7. The number of hydrogen-bond donors (Lipinski definition) is 2. The van der Waals surface area contributed by atoms with Gasteiger partial charge in [0.05, 0.1) is 6.26 Å². The third-order valence-electron chi connectivity index (χ3n) is 1.03. The molecule has 0 bridgehead atoms. The van der Waals surface area contributed by atoms with E-state index >= 15 is 0 Å². The molecule has 0 saturated carbocycles. The number of rotatable bonds is 5. The summed E-state index contributed by atoms with van der Waals surface area (Å²) in [6.07, 6.45) is 1.19. The lowest BCUT2D eigenvalue weighted by molar-refractivity contribution is -0.139. The maximum atomic E-state index is 9.79. The van der Waals surface area contributed by atoms with Gasteiger partial charge in [-0.3, -0.25) is 14.4 Å². The molecule has 0 atom stereocenters. The molecule has 15 heavy (non-hydrogen) atoms. The van der Waals surface area contributed by atoms with Crippen molar-refractivity contribution in [2.45, 2.75) is 26.2 Å². The Labute approximate surface area is 87.2 Å². The van der Waals surface area contributed by atoms with Gasteiger partial charge in [-0.2, -0.15) is 0 Å². The van der Waals surface area contributed by atoms with E-state index in [1.807, 2.05) is 0 Å². The number of carbonyl (C=O) groups is 3. The minimum Gasteiger partial charge on any atom is -0.481 e. The molecule has 0 heterocycles. The summed E-state index contributed by atoms with van der Waals surface area (Å²) in [4.78, 5) is 29.3. The number of aliphatic carboxylic acids is 2. The predicted octanol–water partition coefficient (Wildman–Crippen LogP) is 1.02. The van der Waals surface area contributed by atoms with Crippen LogP contribution < -0.4 is 0 Å². The molecule has 0 saturated heterocycles. The van der Waals surface area contributed by atoms with Crippen LogP contribution in [0.2, 0.25) is 0 Å². The highest BCUT2D eigenvalue weighted by molar-refractivity contribution is 5.69. The first kappa shape index (κ1) is 15.6. The van der Waals surface area contributed by atoms with Crippen molar-refractivity contribution in [3.05, 3.63) is 12.8 Å². The number of carbonyl (C=O) groups excluding carboxylic acids is 1. The molecule has 0 radical (unpaired) electrons. The summed E-state index contributed by atoms with van der Waals surface area (Å²) in [5.41, 5.74) is 0. The van der Waals surface area contributed by atoms with Gasteiger partial charge in [0, 0.05) is 19.8 Å². The van der Waals surface area contributed by atoms with Gasteiger partial charge in [-0.1, -0.05) is 6.58 Å². The molecule has 0 unspecified atom stereocenters. The number of carboxylic acid groups (broad SMARTS) is 2. The van der Waals surface area contributed by atoms with Crippen LogP contribution in [-0.4, -0.2) is 28.1 Å². The number of esters is 1. The summed E-state index contributed by atoms with van der Waals surface area (Å²) in [6, 6.07) is 0. The van der Waals surface area contributed by atoms with Gasteiger partial charge >= 0.3 is 17.9 Å². The van der Waals surface area contributed by atoms with E-state index in [9.17, 15) is 14.4 Å². The van der Waals surface area contributed by atoms with Gasteiger partial charge in [-0.15, -0.1) is 0 Å². The highest BCUT2D eigenvalue weighted by Gasteiger charge is 1.99. The molecule has 6 heteroatoms. The topological polar surface area (TPSA) is 101 Å². The van der Waals surface area contributed by atoms with Crippen molar-refractivity contribution in [2.75, 3.05) is 0 Å². The van der Waals surface area contributed by atoms with E-state index in [1.54, 1.807) is 0 Å². The second kappa shape index (κ2) is 10.2. The van der Waals surface area contributed by atoms with E-state index in [1.165, 1.54) is 6.92 Å². The normalized spacial score (nSPS) is 8.07. The Hall–Kier alpha value is -1.85. The Balaban J connectivity index is 0. The molecule has 6 nitrogen and oxygen atoms in total. The van der Waals surface area contributed by atoms with E-state index in [2.05, 4.69) is 11.3 Å². The lowest BCUT2D eigenvalue weighted by Crippen LogP contribution is -1.98. The van der Waals surface area contributed by atoms with Crippen LogP contribution in [0.15, 0.2) is 12.8 Å². The average molecular weight is 218 g/mol. The van der Waals surface area contributed by atoms with E-state index in [0.29, 0.717) is 0 Å². The highest BCUT2D eigenvalue weighted by Crippen LogP contribution is 1.93. The SMILES string of the molecule is C=COC(C)=O.O=C(O)CCCC(=O)O. The summed E-state index contributed by atoms with van der Waals surface area (Å²) in [6.45, 7) is 4.48. The van der Waals surface area contributed by atoms with Crippen LogP contribution in [0.25, 0.3) is 0 Å². The molecular weight excluding hydrogens is 204 g/mol. The monoisotopic (exact) mass is 218 g/mol. The molecule has 2 N–H and O–H groups in total. The summed E-state index contributed by atoms with van der Waals surface area (Å²) in [5, 5.41) is 16.1. The predicted molar refractivity (Wildman–Crippen MR) is 51.1 cm³/mol. The minimum absolute atomic E-state index is 0.0632. The van der Waals surface area contributed by atoms with Gasteiger partial charge in [-0.25, -0.2) is 0 Å². The van der Waals surface area contributed by atoms with E-state index in [-0.39, 0.29) is 25.2 Å². The Bertz CT molecular complexity index is 219. The van der Waals surface area contributed by atoms with E-state index < -0.39 is 11.9 Å². The first-order valence-electron chi connectivity index (χ1n) is 4.11. The first-order chi connectivity index (χ1) is 6.90. The fourth-order valence-electron chi connectivity index (χ4n) is 0.508. The summed E-state index contributed by atoms with van der Waals surface area (Å²) >= 11 is 0. The van der Waals surface area contributed by atoms with Gasteiger partial charge in [0.1, 0.15) is 0 Å². The summed E-state index contributed by atoms with van der Waals surface area (Å²) in [7, 11) is 0. The van der Waals surface area contributed by atoms with Crippen LogP contribution in [0.1, 0.15) is 26.2 Å². The quantitative estimate of drug-likeness (QED) is 0.527. The Morgan fingerprint density at radius 3 is 1.73 bits per heavy atom. The lowest BCUT2D eigenvalue weighted by Gasteiger charge is -1.89. The maximum absolute atomic E-state index is 9.79. The van der Waals surface area contributed by atoms with Crippen molar-refractivity contribution < 1.29 is 29.3 Å². The minimum atomic E-state index is -0.948. The van der Waals surface area contributed by atoms with Crippen LogP contribution in [0, 0.1) is 0 Å². The number of carboxylic acids is 2. The molecule has 0 aliphatic carbocycles. The number of ether oxygens (including phenoxy) is 1. The molecule has 86 valence electrons. The van der Waals surface area contributed by atoms with E-state index in [0.717, 1.165) is 6.26 Å². The van der Waals surface area contributed by atoms with Gasteiger partial charge in [0.25, 0.3) is 0 Å². The highest BCUT2D eigenvalue weighted by atomic mass is 16.5. The largest absolute Gasteiger partial charge is 0.481 e. The molecule has 0 aliphatic heterocycles. The second-order valence-electron chi connectivity index (χ2n) is 2.42. The van der Waals surface area contributed by atoms with Crippen LogP contribution in [0.5, 0.6) is 0 Å². The van der Waals surface area contributed by atoms with Crippen LogP contribution in [-0.2, 0) is 19.1 Å². The second-order valence-corrected chi connectivity index (χ2v) is 2.42. The zero-order valence-corrected chi connectivity index (χ0v) is 8.43. The van der Waals surface area contributed by atoms with E-state index in [4.69, 9.17) is 10.2 Å². The van der Waals surface area contributed by atoms with Crippen LogP contribution >= 0.6 is 0 Å². The molecule has 0 spiro atoms. The Morgan fingerprint density at radius 2 is 1.60 bits per heavy atom. The fourth-order valence-corrected chi connectivity index (χ4v) is 0.508. The molecular formula is C9H14O6. The Morgan fingerprint density at radius 1 is 1.20 bits per heavy atom. The fraction of sp³-hybridized carbons (Fsp3) is 0.444. The van der Waals surface area contributed by atoms with Crippen molar-refractivity contribution >= 4 is 17.9 Å². The standard InChI is InChI=1S/C5H8O4.C4H6O2/c6-4(7)2-1-3-5(8)9;1-3-6-4(2)5/h1-3H2,(H,6,7)(H,8,9);3H,1H2,2H3. The zero-order chi connectivity index (χ0) is 12.3. The molecule has 0 aliphatic rings. The molecule has 0 aromatic rings. The molecule has 0 rings (SSSR count). The smallest absolute Gasteiger partial charge is 0.307 e. The first-order valence-corrected chi connectivity index (χ1v) is 4.11. The van der Waals surface area contributed by atoms with Crippen LogP contribution in [0.4, 0.5) is 0 Å². The van der Waals surface area contributed by atoms with Crippen molar-refractivity contribution in [3.63, 3.8) is 0 Å². The summed E-state index contributed by atoms with van der Waals surface area (Å²) in [5.74, 6) is -2.22. The molecule has 0 fully saturated rings. The average Bonchev–Trinajstić information content (AvgIpc) is 2.03. The van der Waals surface area contributed by atoms with Crippen LogP contribution in [0.3, 0.4) is 0 Å². The van der Waals surface area contributed by atoms with Gasteiger partial charge in [0.2, 0.25) is 0 Å². The van der Waals surface area contributed by atoms with Crippen molar-refractivity contribution in [1.82, 2.24) is 0 Å². The third kappa shape index (κ3) is 24.5. The molecule has 0 aromatic heterocycles. The van der Waals surface area contributed by atoms with Crippen molar-refractivity contribution in [3.8, 4) is 0 Å². The van der Waals surface area contributed by atoms with Gasteiger partial charge < -0.3 is 14.9 Å². The zero-order valence-electron chi connectivity index (χ0n) is 8.43. The number of hydrogen-bond acceptors (Lipinski definition) is 4. The van der Waals surface area contributed by atoms with Gasteiger partial charge in [-0.05, 0) is 6.42 Å². The maximum Gasteiger partial charge on any atom is 0.307 e. The van der Waals surface area contributed by atoms with Crippen molar-refractivity contribution in [1.29, 1.82) is 0 Å². The third-order valence-corrected chi connectivity index (χ3v) is 1.03. The summed E-state index contributed by atoms with van der Waals surface area (Å²) < 4.78 is 4.17. The molecule has 0 amide bonds. The van der Waals surface area contributed by atoms with Gasteiger partial charge in [0.15, 0.2) is 0 Å². The van der Waals surface area contributed by atoms with Crippen molar-refractivity contribution in [2.24, 2.45) is 0 Å².